The summed E-state index contributed by atoms with van der Waals surface area (Å²) in [6, 6.07) is 18.3. The Labute approximate surface area is 225 Å². The predicted octanol–water partition coefficient (Wildman–Crippen LogP) is 6.52. The molecule has 0 radical (unpaired) electrons. The van der Waals surface area contributed by atoms with Crippen molar-refractivity contribution < 1.29 is 14.3 Å². The smallest absolute Gasteiger partial charge is 0.262 e. The highest BCUT2D eigenvalue weighted by Gasteiger charge is 2.22. The Balaban J connectivity index is 1.64. The van der Waals surface area contributed by atoms with E-state index in [2.05, 4.69) is 15.8 Å². The summed E-state index contributed by atoms with van der Waals surface area (Å²) < 4.78 is 5.91. The molecule has 0 aromatic heterocycles. The molecule has 3 rings (SSSR count). The molecule has 0 saturated carbocycles. The van der Waals surface area contributed by atoms with Gasteiger partial charge in [0.25, 0.3) is 11.8 Å². The molecule has 3 aromatic rings. The van der Waals surface area contributed by atoms with Crippen LogP contribution in [0.3, 0.4) is 0 Å². The van der Waals surface area contributed by atoms with Gasteiger partial charge in [-0.05, 0) is 66.4 Å². The van der Waals surface area contributed by atoms with Gasteiger partial charge in [0.05, 0.1) is 16.3 Å². The van der Waals surface area contributed by atoms with Gasteiger partial charge >= 0.3 is 0 Å². The maximum atomic E-state index is 12.8. The monoisotopic (exact) mass is 545 g/mol. The average Bonchev–Trinajstić information content (AvgIpc) is 2.85. The molecule has 2 N–H and O–H groups in total. The van der Waals surface area contributed by atoms with Gasteiger partial charge < -0.3 is 10.1 Å². The molecule has 0 aliphatic carbocycles. The Hall–Kier alpha value is -3.06. The first-order chi connectivity index (χ1) is 17.2. The van der Waals surface area contributed by atoms with E-state index in [1.54, 1.807) is 42.5 Å². The van der Waals surface area contributed by atoms with Crippen LogP contribution in [0.4, 0.5) is 0 Å². The zero-order chi connectivity index (χ0) is 26.1. The van der Waals surface area contributed by atoms with Crippen molar-refractivity contribution in [3.05, 3.63) is 98.5 Å². The van der Waals surface area contributed by atoms with Gasteiger partial charge in [-0.2, -0.15) is 5.10 Å². The number of amides is 2. The number of rotatable bonds is 10. The molecule has 2 amide bonds. The van der Waals surface area contributed by atoms with E-state index in [4.69, 9.17) is 39.5 Å². The van der Waals surface area contributed by atoms with E-state index in [9.17, 15) is 9.59 Å². The van der Waals surface area contributed by atoms with Crippen LogP contribution in [0, 0.1) is 5.92 Å². The van der Waals surface area contributed by atoms with Crippen LogP contribution in [0.25, 0.3) is 0 Å². The standard InChI is InChI=1S/C27H26Cl3N3O3/c1-17(2)13-24(32-26(34)19-8-10-21(28)11-9-19)27(35)33-31-15-20-5-3-4-6-25(20)36-16-18-7-12-22(29)23(30)14-18/h3-12,14-15,17,24H,13,16H2,1-2H3,(H,32,34)(H,33,35)/b31-15+. The van der Waals surface area contributed by atoms with Crippen LogP contribution in [0.2, 0.25) is 15.1 Å². The van der Waals surface area contributed by atoms with Gasteiger partial charge in [-0.1, -0.05) is 66.8 Å². The van der Waals surface area contributed by atoms with Crippen molar-refractivity contribution in [1.82, 2.24) is 10.7 Å². The molecule has 9 heteroatoms. The highest BCUT2D eigenvalue weighted by Crippen LogP contribution is 2.24. The minimum absolute atomic E-state index is 0.172. The molecule has 3 aromatic carbocycles. The molecule has 1 atom stereocenters. The molecule has 1 unspecified atom stereocenters. The minimum Gasteiger partial charge on any atom is -0.488 e. The van der Waals surface area contributed by atoms with Gasteiger partial charge in [-0.25, -0.2) is 5.43 Å². The van der Waals surface area contributed by atoms with Crippen LogP contribution in [0.15, 0.2) is 71.8 Å². The number of nitrogens with one attached hydrogen (secondary N) is 2. The van der Waals surface area contributed by atoms with Crippen LogP contribution in [0.1, 0.15) is 41.8 Å². The van der Waals surface area contributed by atoms with Gasteiger partial charge in [0, 0.05) is 16.1 Å². The van der Waals surface area contributed by atoms with E-state index in [-0.39, 0.29) is 18.4 Å². The lowest BCUT2D eigenvalue weighted by Gasteiger charge is -2.19. The number of carbonyl (C=O) groups is 2. The summed E-state index contributed by atoms with van der Waals surface area (Å²) in [6.07, 6.45) is 1.94. The van der Waals surface area contributed by atoms with E-state index < -0.39 is 11.9 Å². The van der Waals surface area contributed by atoms with Crippen molar-refractivity contribution in [1.29, 1.82) is 0 Å². The fourth-order valence-electron chi connectivity index (χ4n) is 3.30. The van der Waals surface area contributed by atoms with Crippen molar-refractivity contribution in [2.75, 3.05) is 0 Å². The van der Waals surface area contributed by atoms with E-state index in [1.165, 1.54) is 6.21 Å². The van der Waals surface area contributed by atoms with Gasteiger partial charge in [0.15, 0.2) is 0 Å². The van der Waals surface area contributed by atoms with E-state index in [0.29, 0.717) is 38.4 Å². The third kappa shape index (κ3) is 8.26. The molecule has 0 bridgehead atoms. The fourth-order valence-corrected chi connectivity index (χ4v) is 3.74. The maximum Gasteiger partial charge on any atom is 0.262 e. The van der Waals surface area contributed by atoms with E-state index in [1.807, 2.05) is 38.1 Å². The van der Waals surface area contributed by atoms with Crippen molar-refractivity contribution in [3.8, 4) is 5.75 Å². The summed E-state index contributed by atoms with van der Waals surface area (Å²) in [5, 5.41) is 8.32. The summed E-state index contributed by atoms with van der Waals surface area (Å²) in [4.78, 5) is 25.4. The highest BCUT2D eigenvalue weighted by molar-refractivity contribution is 6.42. The molecule has 36 heavy (non-hydrogen) atoms. The second-order valence-electron chi connectivity index (χ2n) is 8.47. The molecule has 0 heterocycles. The lowest BCUT2D eigenvalue weighted by atomic mass is 10.0. The lowest BCUT2D eigenvalue weighted by Crippen LogP contribution is -2.46. The third-order valence-electron chi connectivity index (χ3n) is 5.11. The second kappa shape index (κ2) is 13.3. The summed E-state index contributed by atoms with van der Waals surface area (Å²) >= 11 is 17.9. The first-order valence-electron chi connectivity index (χ1n) is 11.3. The van der Waals surface area contributed by atoms with Crippen molar-refractivity contribution in [2.24, 2.45) is 11.0 Å². The fraction of sp³-hybridized carbons (Fsp3) is 0.222. The molecule has 0 spiro atoms. The Morgan fingerprint density at radius 2 is 1.69 bits per heavy atom. The summed E-state index contributed by atoms with van der Waals surface area (Å²) in [7, 11) is 0. The number of ether oxygens (including phenoxy) is 1. The number of hydrogen-bond acceptors (Lipinski definition) is 4. The number of halogens is 3. The summed E-state index contributed by atoms with van der Waals surface area (Å²) in [6.45, 7) is 4.22. The normalized spacial score (nSPS) is 11.9. The number of hydrogen-bond donors (Lipinski definition) is 2. The van der Waals surface area contributed by atoms with Crippen LogP contribution in [-0.4, -0.2) is 24.1 Å². The zero-order valence-electron chi connectivity index (χ0n) is 19.8. The highest BCUT2D eigenvalue weighted by atomic mass is 35.5. The van der Waals surface area contributed by atoms with Gasteiger partial charge in [-0.15, -0.1) is 0 Å². The first-order valence-corrected chi connectivity index (χ1v) is 12.4. The van der Waals surface area contributed by atoms with Gasteiger partial charge in [0.2, 0.25) is 0 Å². The number of benzene rings is 3. The Bertz CT molecular complexity index is 1230. The SMILES string of the molecule is CC(C)CC(NC(=O)c1ccc(Cl)cc1)C(=O)N/N=C/c1ccccc1OCc1ccc(Cl)c(Cl)c1. The number of hydrazone groups is 1. The molecule has 0 fully saturated rings. The number of nitrogens with zero attached hydrogens (tertiary/aromatic N) is 1. The topological polar surface area (TPSA) is 79.8 Å². The van der Waals surface area contributed by atoms with Crippen molar-refractivity contribution >= 4 is 52.8 Å². The van der Waals surface area contributed by atoms with Gasteiger partial charge in [0.1, 0.15) is 18.4 Å². The van der Waals surface area contributed by atoms with Crippen molar-refractivity contribution in [2.45, 2.75) is 32.9 Å². The molecule has 188 valence electrons. The molecule has 0 aliphatic heterocycles. The quantitative estimate of drug-likeness (QED) is 0.224. The molecule has 0 aliphatic rings. The molecular weight excluding hydrogens is 521 g/mol. The largest absolute Gasteiger partial charge is 0.488 e. The lowest BCUT2D eigenvalue weighted by molar-refractivity contribution is -0.123. The second-order valence-corrected chi connectivity index (χ2v) is 9.72. The predicted molar refractivity (Wildman–Crippen MR) is 145 cm³/mol. The van der Waals surface area contributed by atoms with Crippen molar-refractivity contribution in [3.63, 3.8) is 0 Å². The molecular formula is C27H26Cl3N3O3. The Morgan fingerprint density at radius 3 is 2.39 bits per heavy atom. The average molecular weight is 547 g/mol. The Kier molecular flexibility index (Phi) is 10.2. The number of para-hydroxylation sites is 1. The van der Waals surface area contributed by atoms with Gasteiger partial charge in [-0.3, -0.25) is 9.59 Å². The van der Waals surface area contributed by atoms with E-state index in [0.717, 1.165) is 5.56 Å². The van der Waals surface area contributed by atoms with E-state index >= 15 is 0 Å². The zero-order valence-corrected chi connectivity index (χ0v) is 22.1. The van der Waals surface area contributed by atoms with Crippen LogP contribution in [0.5, 0.6) is 5.75 Å². The van der Waals surface area contributed by atoms with Crippen LogP contribution >= 0.6 is 34.8 Å². The van der Waals surface area contributed by atoms with Crippen LogP contribution < -0.4 is 15.5 Å². The van der Waals surface area contributed by atoms with Crippen LogP contribution in [-0.2, 0) is 11.4 Å². The molecule has 0 saturated heterocycles. The molecule has 6 nitrogen and oxygen atoms in total. The summed E-state index contributed by atoms with van der Waals surface area (Å²) in [5.41, 5.74) is 4.47. The number of carbonyl (C=O) groups excluding carboxylic acids is 2. The third-order valence-corrected chi connectivity index (χ3v) is 6.10. The minimum atomic E-state index is -0.758. The Morgan fingerprint density at radius 1 is 0.972 bits per heavy atom. The first kappa shape index (κ1) is 27.5. The summed E-state index contributed by atoms with van der Waals surface area (Å²) in [5.74, 6) is -0.0314. The maximum absolute atomic E-state index is 12.8.